The van der Waals surface area contributed by atoms with Crippen LogP contribution in [0, 0.1) is 5.92 Å². The monoisotopic (exact) mass is 464 g/mol. The predicted octanol–water partition coefficient (Wildman–Crippen LogP) is 3.31. The number of ether oxygens (including phenoxy) is 2. The predicted molar refractivity (Wildman–Crippen MR) is 114 cm³/mol. The van der Waals surface area contributed by atoms with Crippen LogP contribution in [0.15, 0.2) is 42.5 Å². The standard InChI is InChI=1S/C21H18Cl2N2O6/c1-30-20(28)12-2-5-15(6-3-12)25-10-13(8-19(25)27)21(29)31-11-18(26)24-17-9-14(22)4-7-16(17)23/h2-7,9,13H,8,10-11H2,1H3,(H,24,26)/t13-/m0/s1. The summed E-state index contributed by atoms with van der Waals surface area (Å²) in [5.41, 5.74) is 1.19. The van der Waals surface area contributed by atoms with E-state index in [9.17, 15) is 19.2 Å². The van der Waals surface area contributed by atoms with Gasteiger partial charge in [-0.05, 0) is 42.5 Å². The van der Waals surface area contributed by atoms with Gasteiger partial charge >= 0.3 is 11.9 Å². The number of hydrogen-bond donors (Lipinski definition) is 1. The molecule has 2 aromatic carbocycles. The number of carbonyl (C=O) groups is 4. The zero-order chi connectivity index (χ0) is 22.5. The van der Waals surface area contributed by atoms with Gasteiger partial charge in [0.1, 0.15) is 0 Å². The molecule has 0 bridgehead atoms. The summed E-state index contributed by atoms with van der Waals surface area (Å²) in [6.45, 7) is -0.419. The fourth-order valence-corrected chi connectivity index (χ4v) is 3.38. The summed E-state index contributed by atoms with van der Waals surface area (Å²) in [6, 6.07) is 10.8. The highest BCUT2D eigenvalue weighted by Gasteiger charge is 2.36. The van der Waals surface area contributed by atoms with Crippen LogP contribution in [0.1, 0.15) is 16.8 Å². The molecule has 1 atom stereocenters. The van der Waals surface area contributed by atoms with Crippen molar-refractivity contribution in [2.75, 3.05) is 30.5 Å². The number of esters is 2. The summed E-state index contributed by atoms with van der Waals surface area (Å²) in [6.07, 6.45) is -0.0423. The first kappa shape index (κ1) is 22.6. The number of benzene rings is 2. The smallest absolute Gasteiger partial charge is 0.337 e. The van der Waals surface area contributed by atoms with Gasteiger partial charge in [0.15, 0.2) is 6.61 Å². The average Bonchev–Trinajstić information content (AvgIpc) is 3.16. The van der Waals surface area contributed by atoms with Crippen molar-refractivity contribution in [3.63, 3.8) is 0 Å². The number of carbonyl (C=O) groups excluding carboxylic acids is 4. The quantitative estimate of drug-likeness (QED) is 0.657. The lowest BCUT2D eigenvalue weighted by Gasteiger charge is -2.17. The van der Waals surface area contributed by atoms with Crippen molar-refractivity contribution in [1.29, 1.82) is 0 Å². The first-order valence-electron chi connectivity index (χ1n) is 9.18. The normalized spacial score (nSPS) is 15.5. The Morgan fingerprint density at radius 1 is 1.13 bits per heavy atom. The molecule has 0 aromatic heterocycles. The highest BCUT2D eigenvalue weighted by molar-refractivity contribution is 6.35. The molecule has 0 saturated carbocycles. The molecule has 31 heavy (non-hydrogen) atoms. The molecule has 0 aliphatic carbocycles. The molecule has 8 nitrogen and oxygen atoms in total. The van der Waals surface area contributed by atoms with Crippen molar-refractivity contribution in [2.45, 2.75) is 6.42 Å². The zero-order valence-corrected chi connectivity index (χ0v) is 17.9. The molecule has 1 aliphatic heterocycles. The molecule has 162 valence electrons. The number of nitrogens with one attached hydrogen (secondary N) is 1. The second-order valence-electron chi connectivity index (χ2n) is 6.72. The Labute approximate surface area is 188 Å². The molecule has 2 aromatic rings. The fraction of sp³-hybridized carbons (Fsp3) is 0.238. The lowest BCUT2D eigenvalue weighted by molar-refractivity contribution is -0.151. The van der Waals surface area contributed by atoms with Crippen LogP contribution in [-0.4, -0.2) is 44.0 Å². The van der Waals surface area contributed by atoms with Crippen molar-refractivity contribution in [3.05, 3.63) is 58.1 Å². The molecule has 2 amide bonds. The van der Waals surface area contributed by atoms with Crippen LogP contribution in [0.2, 0.25) is 10.0 Å². The van der Waals surface area contributed by atoms with Crippen molar-refractivity contribution < 1.29 is 28.7 Å². The van der Waals surface area contributed by atoms with E-state index in [1.165, 1.54) is 36.3 Å². The van der Waals surface area contributed by atoms with Crippen LogP contribution in [0.25, 0.3) is 0 Å². The highest BCUT2D eigenvalue weighted by Crippen LogP contribution is 2.27. The Morgan fingerprint density at radius 2 is 1.84 bits per heavy atom. The summed E-state index contributed by atoms with van der Waals surface area (Å²) in [4.78, 5) is 49.7. The first-order valence-corrected chi connectivity index (χ1v) is 9.94. The lowest BCUT2D eigenvalue weighted by Crippen LogP contribution is -2.28. The van der Waals surface area contributed by atoms with Gasteiger partial charge in [-0.25, -0.2) is 4.79 Å². The lowest BCUT2D eigenvalue weighted by atomic mass is 10.1. The maximum Gasteiger partial charge on any atom is 0.337 e. The Hall–Kier alpha value is -3.10. The van der Waals surface area contributed by atoms with E-state index in [-0.39, 0.29) is 18.9 Å². The summed E-state index contributed by atoms with van der Waals surface area (Å²) in [7, 11) is 1.28. The van der Waals surface area contributed by atoms with E-state index in [4.69, 9.17) is 27.9 Å². The van der Waals surface area contributed by atoms with Gasteiger partial charge in [0, 0.05) is 23.7 Å². The minimum absolute atomic E-state index is 0.0423. The molecule has 1 heterocycles. The number of nitrogens with zero attached hydrogens (tertiary/aromatic N) is 1. The first-order chi connectivity index (χ1) is 14.8. The fourth-order valence-electron chi connectivity index (χ4n) is 3.04. The molecule has 0 unspecified atom stereocenters. The zero-order valence-electron chi connectivity index (χ0n) is 16.4. The Morgan fingerprint density at radius 3 is 2.52 bits per heavy atom. The third-order valence-electron chi connectivity index (χ3n) is 4.61. The van der Waals surface area contributed by atoms with Crippen LogP contribution in [-0.2, 0) is 23.9 Å². The second kappa shape index (κ2) is 9.80. The number of anilines is 2. The SMILES string of the molecule is COC(=O)c1ccc(N2C[C@@H](C(=O)OCC(=O)Nc3cc(Cl)ccc3Cl)CC2=O)cc1. The van der Waals surface area contributed by atoms with Crippen molar-refractivity contribution in [1.82, 2.24) is 0 Å². The van der Waals surface area contributed by atoms with E-state index in [0.29, 0.717) is 27.0 Å². The number of hydrogen-bond acceptors (Lipinski definition) is 6. The molecule has 1 N–H and O–H groups in total. The molecule has 0 spiro atoms. The summed E-state index contributed by atoms with van der Waals surface area (Å²) in [5.74, 6) is -2.71. The molecule has 1 saturated heterocycles. The van der Waals surface area contributed by atoms with Crippen LogP contribution >= 0.6 is 23.2 Å². The number of methoxy groups -OCH3 is 1. The third kappa shape index (κ3) is 5.53. The van der Waals surface area contributed by atoms with Gasteiger partial charge < -0.3 is 19.7 Å². The maximum absolute atomic E-state index is 12.3. The van der Waals surface area contributed by atoms with Crippen molar-refractivity contribution >= 4 is 58.3 Å². The molecule has 1 aliphatic rings. The second-order valence-corrected chi connectivity index (χ2v) is 7.57. The van der Waals surface area contributed by atoms with Gasteiger partial charge in [-0.15, -0.1) is 0 Å². The van der Waals surface area contributed by atoms with Crippen LogP contribution in [0.5, 0.6) is 0 Å². The Balaban J connectivity index is 1.54. The van der Waals surface area contributed by atoms with Crippen molar-refractivity contribution in [3.8, 4) is 0 Å². The van der Waals surface area contributed by atoms with Crippen LogP contribution < -0.4 is 10.2 Å². The van der Waals surface area contributed by atoms with Gasteiger partial charge in [-0.3, -0.25) is 14.4 Å². The summed E-state index contributed by atoms with van der Waals surface area (Å²) >= 11 is 11.9. The molecular formula is C21H18Cl2N2O6. The summed E-state index contributed by atoms with van der Waals surface area (Å²) < 4.78 is 9.70. The Bertz CT molecular complexity index is 1030. The average molecular weight is 465 g/mol. The van der Waals surface area contributed by atoms with Gasteiger partial charge in [-0.2, -0.15) is 0 Å². The van der Waals surface area contributed by atoms with Crippen molar-refractivity contribution in [2.24, 2.45) is 5.92 Å². The molecule has 1 fully saturated rings. The van der Waals surface area contributed by atoms with E-state index >= 15 is 0 Å². The molecule has 0 radical (unpaired) electrons. The van der Waals surface area contributed by atoms with Gasteiger partial charge in [0.2, 0.25) is 5.91 Å². The molecule has 3 rings (SSSR count). The minimum atomic E-state index is -0.713. The van der Waals surface area contributed by atoms with E-state index in [1.54, 1.807) is 18.2 Å². The van der Waals surface area contributed by atoms with Gasteiger partial charge in [-0.1, -0.05) is 23.2 Å². The molecule has 10 heteroatoms. The Kier molecular flexibility index (Phi) is 7.14. The topological polar surface area (TPSA) is 102 Å². The van der Waals surface area contributed by atoms with E-state index in [1.807, 2.05) is 0 Å². The van der Waals surface area contributed by atoms with E-state index < -0.39 is 30.4 Å². The number of rotatable bonds is 6. The third-order valence-corrected chi connectivity index (χ3v) is 5.17. The van der Waals surface area contributed by atoms with Gasteiger partial charge in [0.25, 0.3) is 5.91 Å². The van der Waals surface area contributed by atoms with E-state index in [0.717, 1.165) is 0 Å². The maximum atomic E-state index is 12.3. The van der Waals surface area contributed by atoms with Gasteiger partial charge in [0.05, 0.1) is 29.3 Å². The van der Waals surface area contributed by atoms with Crippen LogP contribution in [0.3, 0.4) is 0 Å². The highest BCUT2D eigenvalue weighted by atomic mass is 35.5. The molecular weight excluding hydrogens is 447 g/mol. The number of halogens is 2. The largest absolute Gasteiger partial charge is 0.465 e. The van der Waals surface area contributed by atoms with Crippen LogP contribution in [0.4, 0.5) is 11.4 Å². The minimum Gasteiger partial charge on any atom is -0.465 e. The number of amides is 2. The summed E-state index contributed by atoms with van der Waals surface area (Å²) in [5, 5.41) is 3.19. The van der Waals surface area contributed by atoms with E-state index in [2.05, 4.69) is 10.1 Å².